The standard InChI is InChI=1S/C9H12O2/c1-2-8(9(10)11)7-5-3-4-6-7/h7H,1,3-6H2,(H,10,11). The monoisotopic (exact) mass is 152 g/mol. The van der Waals surface area contributed by atoms with Gasteiger partial charge in [0.2, 0.25) is 0 Å². The molecule has 0 aromatic rings. The molecule has 0 bridgehead atoms. The van der Waals surface area contributed by atoms with Crippen LogP contribution in [0, 0.1) is 5.92 Å². The number of hydrogen-bond acceptors (Lipinski definition) is 1. The van der Waals surface area contributed by atoms with Crippen molar-refractivity contribution in [2.75, 3.05) is 0 Å². The molecular weight excluding hydrogens is 140 g/mol. The molecule has 0 aromatic heterocycles. The SMILES string of the molecule is C=C=C(C(=O)O)C1CCCC1. The van der Waals surface area contributed by atoms with E-state index in [2.05, 4.69) is 12.3 Å². The number of carboxylic acid groups (broad SMARTS) is 1. The molecule has 1 aliphatic carbocycles. The average molecular weight is 152 g/mol. The molecule has 2 heteroatoms. The van der Waals surface area contributed by atoms with Crippen LogP contribution < -0.4 is 0 Å². The zero-order valence-corrected chi connectivity index (χ0v) is 6.47. The number of rotatable bonds is 2. The van der Waals surface area contributed by atoms with Gasteiger partial charge in [0.1, 0.15) is 0 Å². The van der Waals surface area contributed by atoms with Crippen LogP contribution in [0.5, 0.6) is 0 Å². The molecule has 0 aromatic carbocycles. The fraction of sp³-hybridized carbons (Fsp3) is 0.556. The Hall–Kier alpha value is -1.01. The zero-order chi connectivity index (χ0) is 8.27. The van der Waals surface area contributed by atoms with Gasteiger partial charge in [0.15, 0.2) is 0 Å². The third kappa shape index (κ3) is 1.72. The molecule has 0 unspecified atom stereocenters. The number of aliphatic carboxylic acids is 1. The minimum absolute atomic E-state index is 0.213. The minimum atomic E-state index is -0.855. The summed E-state index contributed by atoms with van der Waals surface area (Å²) in [4.78, 5) is 10.6. The van der Waals surface area contributed by atoms with Gasteiger partial charge >= 0.3 is 5.97 Å². The van der Waals surface area contributed by atoms with Gasteiger partial charge in [0.25, 0.3) is 0 Å². The second-order valence-corrected chi connectivity index (χ2v) is 2.88. The molecule has 0 saturated heterocycles. The summed E-state index contributed by atoms with van der Waals surface area (Å²) >= 11 is 0. The molecule has 0 amide bonds. The van der Waals surface area contributed by atoms with E-state index in [-0.39, 0.29) is 5.92 Å². The van der Waals surface area contributed by atoms with Crippen molar-refractivity contribution >= 4 is 5.97 Å². The Balaban J connectivity index is 2.70. The minimum Gasteiger partial charge on any atom is -0.477 e. The summed E-state index contributed by atoms with van der Waals surface area (Å²) in [6.45, 7) is 3.38. The van der Waals surface area contributed by atoms with Gasteiger partial charge in [-0.25, -0.2) is 4.79 Å². The van der Waals surface area contributed by atoms with Crippen LogP contribution in [0.15, 0.2) is 17.9 Å². The van der Waals surface area contributed by atoms with Crippen LogP contribution in [-0.2, 0) is 4.79 Å². The van der Waals surface area contributed by atoms with E-state index in [0.29, 0.717) is 5.57 Å². The van der Waals surface area contributed by atoms with E-state index in [1.807, 2.05) is 0 Å². The second-order valence-electron chi connectivity index (χ2n) is 2.88. The number of carboxylic acids is 1. The lowest BCUT2D eigenvalue weighted by Gasteiger charge is -2.05. The van der Waals surface area contributed by atoms with Gasteiger partial charge in [-0.05, 0) is 18.8 Å². The van der Waals surface area contributed by atoms with E-state index in [0.717, 1.165) is 25.7 Å². The highest BCUT2D eigenvalue weighted by atomic mass is 16.4. The molecular formula is C9H12O2. The topological polar surface area (TPSA) is 37.3 Å². The largest absolute Gasteiger partial charge is 0.477 e. The highest BCUT2D eigenvalue weighted by molar-refractivity contribution is 5.86. The molecule has 60 valence electrons. The average Bonchev–Trinajstić information content (AvgIpc) is 2.40. The molecule has 0 spiro atoms. The molecule has 0 aliphatic heterocycles. The van der Waals surface area contributed by atoms with E-state index < -0.39 is 5.97 Å². The fourth-order valence-electron chi connectivity index (χ4n) is 1.61. The van der Waals surface area contributed by atoms with Crippen molar-refractivity contribution < 1.29 is 9.90 Å². The van der Waals surface area contributed by atoms with Crippen LogP contribution in [0.4, 0.5) is 0 Å². The van der Waals surface area contributed by atoms with Gasteiger partial charge in [-0.15, -0.1) is 5.73 Å². The van der Waals surface area contributed by atoms with Crippen LogP contribution >= 0.6 is 0 Å². The summed E-state index contributed by atoms with van der Waals surface area (Å²) in [6, 6.07) is 0. The van der Waals surface area contributed by atoms with E-state index in [4.69, 9.17) is 5.11 Å². The Bertz CT molecular complexity index is 206. The Morgan fingerprint density at radius 3 is 2.36 bits per heavy atom. The number of hydrogen-bond donors (Lipinski definition) is 1. The molecule has 0 heterocycles. The summed E-state index contributed by atoms with van der Waals surface area (Å²) < 4.78 is 0. The lowest BCUT2D eigenvalue weighted by atomic mass is 9.99. The van der Waals surface area contributed by atoms with Gasteiger partial charge < -0.3 is 5.11 Å². The maximum Gasteiger partial charge on any atom is 0.339 e. The van der Waals surface area contributed by atoms with Gasteiger partial charge in [-0.2, -0.15) is 0 Å². The Kier molecular flexibility index (Phi) is 2.50. The summed E-state index contributed by atoms with van der Waals surface area (Å²) in [6.07, 6.45) is 4.26. The number of carbonyl (C=O) groups is 1. The highest BCUT2D eigenvalue weighted by Crippen LogP contribution is 2.30. The van der Waals surface area contributed by atoms with Crippen molar-refractivity contribution in [3.05, 3.63) is 17.9 Å². The first-order valence-electron chi connectivity index (χ1n) is 3.89. The van der Waals surface area contributed by atoms with Crippen molar-refractivity contribution in [3.63, 3.8) is 0 Å². The maximum atomic E-state index is 10.6. The first-order chi connectivity index (χ1) is 5.25. The van der Waals surface area contributed by atoms with Crippen LogP contribution in [-0.4, -0.2) is 11.1 Å². The summed E-state index contributed by atoms with van der Waals surface area (Å²) in [5.41, 5.74) is 2.89. The first kappa shape index (κ1) is 8.09. The first-order valence-corrected chi connectivity index (χ1v) is 3.89. The van der Waals surface area contributed by atoms with Crippen molar-refractivity contribution in [1.82, 2.24) is 0 Å². The van der Waals surface area contributed by atoms with Gasteiger partial charge in [0.05, 0.1) is 5.57 Å². The molecule has 1 rings (SSSR count). The third-order valence-electron chi connectivity index (χ3n) is 2.18. The molecule has 1 fully saturated rings. The molecule has 1 N–H and O–H groups in total. The molecule has 1 saturated carbocycles. The molecule has 0 atom stereocenters. The smallest absolute Gasteiger partial charge is 0.339 e. The maximum absolute atomic E-state index is 10.6. The van der Waals surface area contributed by atoms with E-state index in [1.165, 1.54) is 0 Å². The zero-order valence-electron chi connectivity index (χ0n) is 6.47. The lowest BCUT2D eigenvalue weighted by molar-refractivity contribution is -0.133. The van der Waals surface area contributed by atoms with Crippen LogP contribution in [0.1, 0.15) is 25.7 Å². The second kappa shape index (κ2) is 3.40. The Morgan fingerprint density at radius 1 is 1.45 bits per heavy atom. The predicted octanol–water partition coefficient (Wildman–Crippen LogP) is 1.97. The van der Waals surface area contributed by atoms with Gasteiger partial charge in [-0.1, -0.05) is 19.4 Å². The summed E-state index contributed by atoms with van der Waals surface area (Å²) in [5.74, 6) is -0.642. The van der Waals surface area contributed by atoms with E-state index in [1.54, 1.807) is 0 Å². The van der Waals surface area contributed by atoms with Crippen molar-refractivity contribution in [1.29, 1.82) is 0 Å². The molecule has 1 aliphatic rings. The predicted molar refractivity (Wildman–Crippen MR) is 42.2 cm³/mol. The Morgan fingerprint density at radius 2 is 2.00 bits per heavy atom. The summed E-state index contributed by atoms with van der Waals surface area (Å²) in [7, 11) is 0. The Labute approximate surface area is 66.2 Å². The summed E-state index contributed by atoms with van der Waals surface area (Å²) in [5, 5.41) is 8.69. The van der Waals surface area contributed by atoms with Crippen molar-refractivity contribution in [3.8, 4) is 0 Å². The lowest BCUT2D eigenvalue weighted by Crippen LogP contribution is -2.08. The van der Waals surface area contributed by atoms with Crippen LogP contribution in [0.3, 0.4) is 0 Å². The van der Waals surface area contributed by atoms with E-state index in [9.17, 15) is 4.79 Å². The van der Waals surface area contributed by atoms with E-state index >= 15 is 0 Å². The normalized spacial score (nSPS) is 17.8. The highest BCUT2D eigenvalue weighted by Gasteiger charge is 2.23. The van der Waals surface area contributed by atoms with Gasteiger partial charge in [0, 0.05) is 0 Å². The van der Waals surface area contributed by atoms with Gasteiger partial charge in [-0.3, -0.25) is 0 Å². The van der Waals surface area contributed by atoms with Crippen molar-refractivity contribution in [2.45, 2.75) is 25.7 Å². The molecule has 0 radical (unpaired) electrons. The quantitative estimate of drug-likeness (QED) is 0.485. The van der Waals surface area contributed by atoms with Crippen molar-refractivity contribution in [2.24, 2.45) is 5.92 Å². The third-order valence-corrected chi connectivity index (χ3v) is 2.18. The molecule has 2 nitrogen and oxygen atoms in total. The fourth-order valence-corrected chi connectivity index (χ4v) is 1.61. The van der Waals surface area contributed by atoms with Crippen LogP contribution in [0.2, 0.25) is 0 Å². The molecule has 11 heavy (non-hydrogen) atoms. The van der Waals surface area contributed by atoms with Crippen LogP contribution in [0.25, 0.3) is 0 Å².